The van der Waals surface area contributed by atoms with Gasteiger partial charge in [0.05, 0.1) is 6.54 Å². The second kappa shape index (κ2) is 6.75. The summed E-state index contributed by atoms with van der Waals surface area (Å²) in [5, 5.41) is 7.72. The average Bonchev–Trinajstić information content (AvgIpc) is 3.24. The molecule has 0 amide bonds. The molecule has 6 heteroatoms. The maximum atomic E-state index is 5.99. The molecule has 0 bridgehead atoms. The van der Waals surface area contributed by atoms with E-state index in [4.69, 9.17) is 13.8 Å². The number of rotatable bonds is 5. The molecule has 1 fully saturated rings. The van der Waals surface area contributed by atoms with E-state index in [-0.39, 0.29) is 6.10 Å². The molecular formula is C18H21N3O3. The Morgan fingerprint density at radius 3 is 2.88 bits per heavy atom. The van der Waals surface area contributed by atoms with Gasteiger partial charge in [0.1, 0.15) is 28.7 Å². The predicted molar refractivity (Wildman–Crippen MR) is 88.2 cm³/mol. The fourth-order valence-electron chi connectivity index (χ4n) is 3.18. The maximum absolute atomic E-state index is 5.99. The number of furan rings is 1. The highest BCUT2D eigenvalue weighted by atomic mass is 16.6. The fourth-order valence-corrected chi connectivity index (χ4v) is 3.18. The molecule has 24 heavy (non-hydrogen) atoms. The second-order valence-corrected chi connectivity index (χ2v) is 6.42. The summed E-state index contributed by atoms with van der Waals surface area (Å²) in [5.41, 5.74) is 2.74. The normalized spacial score (nSPS) is 18.5. The SMILES string of the molecule is CN(Cc1ccc2nonc2c1)Cc1ccc([C@H]2CCCCO2)o1. The molecule has 2 aromatic heterocycles. The molecule has 3 aromatic rings. The molecule has 4 rings (SSSR count). The summed E-state index contributed by atoms with van der Waals surface area (Å²) in [4.78, 5) is 2.21. The molecule has 0 spiro atoms. The number of ether oxygens (including phenoxy) is 1. The standard InChI is InChI=1S/C18H21N3O3/c1-21(11-13-5-7-15-16(10-13)20-24-19-15)12-14-6-8-18(23-14)17-4-2-3-9-22-17/h5-8,10,17H,2-4,9,11-12H2,1H3/t17-/m1/s1. The van der Waals surface area contributed by atoms with Crippen LogP contribution in [-0.4, -0.2) is 28.9 Å². The minimum absolute atomic E-state index is 0.125. The smallest absolute Gasteiger partial charge is 0.135 e. The van der Waals surface area contributed by atoms with Crippen LogP contribution in [0.5, 0.6) is 0 Å². The number of benzene rings is 1. The van der Waals surface area contributed by atoms with E-state index < -0.39 is 0 Å². The summed E-state index contributed by atoms with van der Waals surface area (Å²) >= 11 is 0. The third-order valence-corrected chi connectivity index (χ3v) is 4.38. The van der Waals surface area contributed by atoms with Gasteiger partial charge in [0.15, 0.2) is 0 Å². The van der Waals surface area contributed by atoms with E-state index >= 15 is 0 Å². The average molecular weight is 327 g/mol. The van der Waals surface area contributed by atoms with Crippen molar-refractivity contribution < 1.29 is 13.8 Å². The minimum atomic E-state index is 0.125. The van der Waals surface area contributed by atoms with Gasteiger partial charge in [-0.25, -0.2) is 4.63 Å². The van der Waals surface area contributed by atoms with Crippen molar-refractivity contribution in [3.8, 4) is 0 Å². The van der Waals surface area contributed by atoms with E-state index in [1.807, 2.05) is 24.3 Å². The molecule has 0 saturated carbocycles. The molecule has 1 aliphatic heterocycles. The van der Waals surface area contributed by atoms with Crippen molar-refractivity contribution >= 4 is 11.0 Å². The van der Waals surface area contributed by atoms with Crippen molar-refractivity contribution in [2.24, 2.45) is 0 Å². The molecule has 1 aromatic carbocycles. The summed E-state index contributed by atoms with van der Waals surface area (Å²) in [6, 6.07) is 10.1. The van der Waals surface area contributed by atoms with E-state index in [0.717, 1.165) is 55.1 Å². The third kappa shape index (κ3) is 3.34. The maximum Gasteiger partial charge on any atom is 0.135 e. The van der Waals surface area contributed by atoms with Crippen LogP contribution in [0.3, 0.4) is 0 Å². The monoisotopic (exact) mass is 327 g/mol. The molecule has 0 N–H and O–H groups in total. The molecule has 1 aliphatic rings. The zero-order valence-corrected chi connectivity index (χ0v) is 13.8. The number of fused-ring (bicyclic) bond motifs is 1. The zero-order valence-electron chi connectivity index (χ0n) is 13.8. The fraction of sp³-hybridized carbons (Fsp3) is 0.444. The van der Waals surface area contributed by atoms with Gasteiger partial charge in [0, 0.05) is 13.2 Å². The lowest BCUT2D eigenvalue weighted by Crippen LogP contribution is -2.16. The summed E-state index contributed by atoms with van der Waals surface area (Å²) in [5.74, 6) is 1.92. The molecule has 3 heterocycles. The van der Waals surface area contributed by atoms with Gasteiger partial charge in [0.2, 0.25) is 0 Å². The third-order valence-electron chi connectivity index (χ3n) is 4.38. The van der Waals surface area contributed by atoms with E-state index in [1.165, 1.54) is 12.0 Å². The molecule has 126 valence electrons. The van der Waals surface area contributed by atoms with E-state index in [2.05, 4.69) is 28.3 Å². The summed E-state index contributed by atoms with van der Waals surface area (Å²) in [6.45, 7) is 2.39. The second-order valence-electron chi connectivity index (χ2n) is 6.42. The van der Waals surface area contributed by atoms with Crippen molar-refractivity contribution in [1.82, 2.24) is 15.2 Å². The molecule has 6 nitrogen and oxygen atoms in total. The van der Waals surface area contributed by atoms with Crippen LogP contribution in [0.1, 0.15) is 42.5 Å². The Balaban J connectivity index is 1.38. The molecule has 0 unspecified atom stereocenters. The van der Waals surface area contributed by atoms with Crippen molar-refractivity contribution in [1.29, 1.82) is 0 Å². The van der Waals surface area contributed by atoms with Crippen LogP contribution in [-0.2, 0) is 17.8 Å². The Hall–Kier alpha value is -2.18. The highest BCUT2D eigenvalue weighted by molar-refractivity contribution is 5.73. The molecule has 1 saturated heterocycles. The molecular weight excluding hydrogens is 306 g/mol. The van der Waals surface area contributed by atoms with Gasteiger partial charge < -0.3 is 9.15 Å². The number of nitrogens with zero attached hydrogens (tertiary/aromatic N) is 3. The lowest BCUT2D eigenvalue weighted by molar-refractivity contribution is 0.000907. The molecule has 1 atom stereocenters. The van der Waals surface area contributed by atoms with Crippen molar-refractivity contribution in [3.05, 3.63) is 47.4 Å². The highest BCUT2D eigenvalue weighted by Gasteiger charge is 2.19. The quantitative estimate of drug-likeness (QED) is 0.712. The summed E-state index contributed by atoms with van der Waals surface area (Å²) < 4.78 is 16.5. The molecule has 0 radical (unpaired) electrons. The van der Waals surface area contributed by atoms with Gasteiger partial charge in [-0.05, 0) is 66.5 Å². The number of hydrogen-bond acceptors (Lipinski definition) is 6. The Morgan fingerprint density at radius 2 is 2.00 bits per heavy atom. The first-order valence-electron chi connectivity index (χ1n) is 8.38. The van der Waals surface area contributed by atoms with Crippen molar-refractivity contribution in [2.75, 3.05) is 13.7 Å². The van der Waals surface area contributed by atoms with Gasteiger partial charge in [-0.15, -0.1) is 0 Å². The van der Waals surface area contributed by atoms with Gasteiger partial charge in [-0.3, -0.25) is 4.90 Å². The lowest BCUT2D eigenvalue weighted by atomic mass is 10.1. The van der Waals surface area contributed by atoms with Gasteiger partial charge >= 0.3 is 0 Å². The van der Waals surface area contributed by atoms with Crippen molar-refractivity contribution in [3.63, 3.8) is 0 Å². The van der Waals surface area contributed by atoms with Crippen LogP contribution in [0.2, 0.25) is 0 Å². The van der Waals surface area contributed by atoms with Crippen LogP contribution in [0.25, 0.3) is 11.0 Å². The lowest BCUT2D eigenvalue weighted by Gasteiger charge is -2.20. The Morgan fingerprint density at radius 1 is 1.08 bits per heavy atom. The first-order valence-corrected chi connectivity index (χ1v) is 8.38. The predicted octanol–water partition coefficient (Wildman–Crippen LogP) is 3.69. The number of hydrogen-bond donors (Lipinski definition) is 0. The van der Waals surface area contributed by atoms with Crippen LogP contribution >= 0.6 is 0 Å². The summed E-state index contributed by atoms with van der Waals surface area (Å²) in [7, 11) is 2.07. The van der Waals surface area contributed by atoms with Gasteiger partial charge in [0.25, 0.3) is 0 Å². The first kappa shape index (κ1) is 15.4. The Bertz CT molecular complexity index is 805. The van der Waals surface area contributed by atoms with Crippen LogP contribution in [0, 0.1) is 0 Å². The van der Waals surface area contributed by atoms with Crippen LogP contribution in [0.4, 0.5) is 0 Å². The first-order chi connectivity index (χ1) is 11.8. The van der Waals surface area contributed by atoms with E-state index in [9.17, 15) is 0 Å². The van der Waals surface area contributed by atoms with E-state index in [1.54, 1.807) is 0 Å². The van der Waals surface area contributed by atoms with Gasteiger partial charge in [-0.2, -0.15) is 0 Å². The van der Waals surface area contributed by atoms with E-state index in [0.29, 0.717) is 0 Å². The van der Waals surface area contributed by atoms with Crippen molar-refractivity contribution in [2.45, 2.75) is 38.5 Å². The highest BCUT2D eigenvalue weighted by Crippen LogP contribution is 2.29. The topological polar surface area (TPSA) is 64.5 Å². The minimum Gasteiger partial charge on any atom is -0.462 e. The van der Waals surface area contributed by atoms with Crippen LogP contribution in [0.15, 0.2) is 39.4 Å². The Kier molecular flexibility index (Phi) is 4.32. The number of aromatic nitrogens is 2. The zero-order chi connectivity index (χ0) is 16.4. The Labute approximate surface area is 140 Å². The van der Waals surface area contributed by atoms with Gasteiger partial charge in [-0.1, -0.05) is 6.07 Å². The summed E-state index contributed by atoms with van der Waals surface area (Å²) in [6.07, 6.45) is 3.53. The largest absolute Gasteiger partial charge is 0.462 e. The van der Waals surface area contributed by atoms with Crippen LogP contribution < -0.4 is 0 Å². The molecule has 0 aliphatic carbocycles.